The number of methoxy groups -OCH3 is 1. The van der Waals surface area contributed by atoms with E-state index in [9.17, 15) is 46.1 Å². The van der Waals surface area contributed by atoms with E-state index in [0.717, 1.165) is 55.5 Å². The van der Waals surface area contributed by atoms with E-state index in [4.69, 9.17) is 27.9 Å². The van der Waals surface area contributed by atoms with Crippen molar-refractivity contribution in [2.45, 2.75) is 76.9 Å². The molecule has 10 nitrogen and oxygen atoms in total. The van der Waals surface area contributed by atoms with Gasteiger partial charge in [-0.2, -0.15) is 0 Å². The van der Waals surface area contributed by atoms with Crippen molar-refractivity contribution in [2.75, 3.05) is 7.11 Å². The number of benzene rings is 2. The molecular formula is C33H33Cl2F6N2NaO8. The minimum Gasteiger partial charge on any atom is -0.870 e. The fourth-order valence-corrected chi connectivity index (χ4v) is 7.11. The van der Waals surface area contributed by atoms with Crippen LogP contribution in [-0.2, 0) is 16.2 Å². The normalized spacial score (nSPS) is 22.9. The summed E-state index contributed by atoms with van der Waals surface area (Å²) in [6.07, 6.45) is -6.05. The van der Waals surface area contributed by atoms with E-state index in [1.165, 1.54) is 7.11 Å². The predicted octanol–water partition coefficient (Wildman–Crippen LogP) is 4.44. The van der Waals surface area contributed by atoms with Gasteiger partial charge in [0.2, 0.25) is 0 Å². The van der Waals surface area contributed by atoms with Gasteiger partial charge >= 0.3 is 42.3 Å². The van der Waals surface area contributed by atoms with Gasteiger partial charge in [0, 0.05) is 23.3 Å². The molecular weight excluding hydrogens is 760 g/mol. The second kappa shape index (κ2) is 15.5. The van der Waals surface area contributed by atoms with E-state index in [1.54, 1.807) is 6.92 Å². The van der Waals surface area contributed by atoms with Crippen LogP contribution in [-0.4, -0.2) is 58.4 Å². The van der Waals surface area contributed by atoms with Crippen LogP contribution in [0.3, 0.4) is 0 Å². The fraction of sp³-hybridized carbons (Fsp3) is 0.455. The zero-order chi connectivity index (χ0) is 37.1. The monoisotopic (exact) mass is 792 g/mol. The average Bonchev–Trinajstić information content (AvgIpc) is 3.90. The van der Waals surface area contributed by atoms with Crippen LogP contribution in [0, 0.1) is 11.8 Å². The Morgan fingerprint density at radius 1 is 0.808 bits per heavy atom. The first-order valence-corrected chi connectivity index (χ1v) is 16.0. The second-order valence-corrected chi connectivity index (χ2v) is 13.6. The van der Waals surface area contributed by atoms with Crippen molar-refractivity contribution in [3.63, 3.8) is 0 Å². The van der Waals surface area contributed by atoms with Crippen molar-refractivity contribution in [3.8, 4) is 17.2 Å². The second-order valence-electron chi connectivity index (χ2n) is 12.8. The molecule has 5 N–H and O–H groups in total. The van der Waals surface area contributed by atoms with Gasteiger partial charge in [-0.3, -0.25) is 9.59 Å². The first-order valence-electron chi connectivity index (χ1n) is 15.3. The fourth-order valence-electron chi connectivity index (χ4n) is 6.49. The summed E-state index contributed by atoms with van der Waals surface area (Å²) in [6.45, 7) is 4.78. The van der Waals surface area contributed by atoms with E-state index < -0.39 is 47.8 Å². The summed E-state index contributed by atoms with van der Waals surface area (Å²) in [5, 5.41) is 25.5. The van der Waals surface area contributed by atoms with Gasteiger partial charge in [-0.15, -0.1) is 26.3 Å². The van der Waals surface area contributed by atoms with Crippen molar-refractivity contribution >= 4 is 46.2 Å². The largest absolute Gasteiger partial charge is 1.00 e. The van der Waals surface area contributed by atoms with Gasteiger partial charge < -0.3 is 40.5 Å². The van der Waals surface area contributed by atoms with Gasteiger partial charge in [0.25, 0.3) is 11.8 Å². The maximum atomic E-state index is 12.6. The molecule has 2 aromatic carbocycles. The number of amides is 2. The third-order valence-electron chi connectivity index (χ3n) is 9.40. The van der Waals surface area contributed by atoms with Crippen LogP contribution in [0.4, 0.5) is 26.3 Å². The molecule has 0 aromatic heterocycles. The maximum Gasteiger partial charge on any atom is 1.00 e. The number of aliphatic hydroxyl groups excluding tert-OH is 2. The SMILES string of the molecule is CC1(C2CC2)NC(=O)C(c2c(Cl)cc(OC(F)(F)F)cc2CO)=C1O.COc1cc(OC(F)(F)F)cc(Cl)c1C1=C(C)C(C)(C2CC2)NC1=O.[Na+].[OH-]. The average molecular weight is 794 g/mol. The van der Waals surface area contributed by atoms with Crippen molar-refractivity contribution in [1.82, 2.24) is 10.6 Å². The van der Waals surface area contributed by atoms with Crippen LogP contribution in [0.2, 0.25) is 10.0 Å². The molecule has 2 atom stereocenters. The van der Waals surface area contributed by atoms with Crippen molar-refractivity contribution < 1.29 is 95.4 Å². The Labute approximate surface area is 326 Å². The van der Waals surface area contributed by atoms with E-state index in [-0.39, 0.29) is 90.7 Å². The van der Waals surface area contributed by atoms with E-state index >= 15 is 0 Å². The summed E-state index contributed by atoms with van der Waals surface area (Å²) < 4.78 is 87.4. The minimum atomic E-state index is -4.92. The predicted molar refractivity (Wildman–Crippen MR) is 171 cm³/mol. The van der Waals surface area contributed by atoms with Gasteiger partial charge in [0.05, 0.1) is 46.0 Å². The molecule has 0 saturated heterocycles. The molecule has 0 bridgehead atoms. The molecule has 2 amide bonds. The quantitative estimate of drug-likeness (QED) is 0.226. The van der Waals surface area contributed by atoms with E-state index in [0.29, 0.717) is 11.5 Å². The molecule has 2 aliphatic carbocycles. The topological polar surface area (TPSA) is 156 Å². The molecule has 2 aliphatic heterocycles. The summed E-state index contributed by atoms with van der Waals surface area (Å²) in [7, 11) is 1.30. The maximum absolute atomic E-state index is 12.6. The number of nitrogens with one attached hydrogen (secondary N) is 2. The Morgan fingerprint density at radius 3 is 1.71 bits per heavy atom. The number of alkyl halides is 6. The summed E-state index contributed by atoms with van der Waals surface area (Å²) >= 11 is 12.3. The molecule has 280 valence electrons. The number of ether oxygens (including phenoxy) is 3. The molecule has 2 unspecified atom stereocenters. The van der Waals surface area contributed by atoms with Crippen molar-refractivity contribution in [2.24, 2.45) is 11.8 Å². The number of halogens is 8. The Morgan fingerprint density at radius 2 is 1.25 bits per heavy atom. The molecule has 52 heavy (non-hydrogen) atoms. The van der Waals surface area contributed by atoms with Gasteiger partial charge in [-0.25, -0.2) is 0 Å². The molecule has 6 rings (SSSR count). The Hall–Kier alpha value is -2.86. The van der Waals surface area contributed by atoms with Crippen molar-refractivity contribution in [1.29, 1.82) is 0 Å². The number of hydrogen-bond donors (Lipinski definition) is 4. The summed E-state index contributed by atoms with van der Waals surface area (Å²) in [4.78, 5) is 25.0. The third kappa shape index (κ3) is 8.74. The number of hydrogen-bond acceptors (Lipinski definition) is 8. The molecule has 0 spiro atoms. The molecule has 2 aromatic rings. The van der Waals surface area contributed by atoms with E-state index in [1.807, 2.05) is 13.8 Å². The van der Waals surface area contributed by atoms with Crippen LogP contribution in [0.25, 0.3) is 11.1 Å². The van der Waals surface area contributed by atoms with Crippen LogP contribution in [0.15, 0.2) is 35.6 Å². The Bertz CT molecular complexity index is 1680. The number of rotatable bonds is 8. The third-order valence-corrected chi connectivity index (χ3v) is 10.00. The Kier molecular flexibility index (Phi) is 13.0. The first-order chi connectivity index (χ1) is 23.1. The molecule has 4 aliphatic rings. The molecule has 0 radical (unpaired) electrons. The minimum absolute atomic E-state index is 0. The van der Waals surface area contributed by atoms with Crippen molar-refractivity contribution in [3.05, 3.63) is 62.3 Å². The first kappa shape index (κ1) is 43.5. The number of aliphatic hydroxyl groups is 2. The smallest absolute Gasteiger partial charge is 0.870 e. The molecule has 2 saturated carbocycles. The summed E-state index contributed by atoms with van der Waals surface area (Å²) in [6, 6.07) is 3.95. The van der Waals surface area contributed by atoms with Gasteiger partial charge in [-0.1, -0.05) is 23.2 Å². The van der Waals surface area contributed by atoms with Gasteiger partial charge in [0.1, 0.15) is 23.0 Å². The Balaban J connectivity index is 0.000000270. The summed E-state index contributed by atoms with van der Waals surface area (Å²) in [5.74, 6) is -1.75. The zero-order valence-electron chi connectivity index (χ0n) is 28.4. The number of carbonyl (C=O) groups is 2. The molecule has 2 heterocycles. The molecule has 2 fully saturated rings. The van der Waals surface area contributed by atoms with Gasteiger partial charge in [-0.05, 0) is 81.6 Å². The van der Waals surface area contributed by atoms with E-state index in [2.05, 4.69) is 20.1 Å². The molecule has 19 heteroatoms. The van der Waals surface area contributed by atoms with Gasteiger partial charge in [0.15, 0.2) is 0 Å². The van der Waals surface area contributed by atoms with Crippen LogP contribution >= 0.6 is 23.2 Å². The van der Waals surface area contributed by atoms with Crippen LogP contribution in [0.5, 0.6) is 17.2 Å². The standard InChI is InChI=1S/C17H17ClF3NO3.C16H15ClF3NO4.Na.H2O/c1-8-13(15(23)22-16(8,2)9-4-5-9)14-11(18)6-10(7-12(14)24-3)25-17(19,20)21;1-15(8-2-3-8)13(23)12(14(24)21-15)11-7(6-22)4-9(5-10(11)17)25-16(18,19)20;;/h6-7,9H,4-5H2,1-3H3,(H,22,23);4-5,8,22-23H,2-3,6H2,1H3,(H,21,24);;1H2/q;;+1;/p-1. The zero-order valence-corrected chi connectivity index (χ0v) is 31.9. The van der Waals surface area contributed by atoms with Crippen LogP contribution in [0.1, 0.15) is 63.1 Å². The summed E-state index contributed by atoms with van der Waals surface area (Å²) in [5.41, 5.74) is -0.174. The number of carbonyl (C=O) groups excluding carboxylic acids is 2. The van der Waals surface area contributed by atoms with Crippen LogP contribution < -0.4 is 54.4 Å².